The quantitative estimate of drug-likeness (QED) is 0.689. The fraction of sp³-hybridized carbons (Fsp3) is 0.625. The van der Waals surface area contributed by atoms with Crippen LogP contribution in [-0.4, -0.2) is 92.6 Å². The Hall–Kier alpha value is -2.66. The first-order valence-electron chi connectivity index (χ1n) is 12.1. The van der Waals surface area contributed by atoms with Gasteiger partial charge in [0.1, 0.15) is 0 Å². The first kappa shape index (κ1) is 25.4. The molecule has 2 saturated heterocycles. The molecule has 0 spiro atoms. The maximum Gasteiger partial charge on any atom is 0.449 e. The van der Waals surface area contributed by atoms with Crippen LogP contribution >= 0.6 is 0 Å². The molecule has 8 nitrogen and oxygen atoms in total. The number of benzene rings is 1. The lowest BCUT2D eigenvalue weighted by Gasteiger charge is -2.40. The largest absolute Gasteiger partial charge is 0.449 e. The number of likely N-dealkylation sites (tertiary alicyclic amines) is 1. The van der Waals surface area contributed by atoms with Crippen LogP contribution in [0.4, 0.5) is 13.2 Å². The number of fused-ring (bicyclic) bond motifs is 1. The summed E-state index contributed by atoms with van der Waals surface area (Å²) >= 11 is 0. The van der Waals surface area contributed by atoms with Gasteiger partial charge in [0, 0.05) is 65.2 Å². The van der Waals surface area contributed by atoms with E-state index in [1.807, 2.05) is 0 Å². The number of piperazine rings is 1. The molecule has 2 aliphatic rings. The lowest BCUT2D eigenvalue weighted by atomic mass is 10.0. The molecule has 3 heterocycles. The van der Waals surface area contributed by atoms with Gasteiger partial charge in [-0.3, -0.25) is 14.5 Å². The lowest BCUT2D eigenvalue weighted by molar-refractivity contribution is -0.147. The van der Waals surface area contributed by atoms with Gasteiger partial charge in [-0.25, -0.2) is 4.98 Å². The Morgan fingerprint density at radius 1 is 1.03 bits per heavy atom. The van der Waals surface area contributed by atoms with Crippen LogP contribution in [-0.2, 0) is 22.3 Å². The van der Waals surface area contributed by atoms with Gasteiger partial charge < -0.3 is 19.5 Å². The summed E-state index contributed by atoms with van der Waals surface area (Å²) in [5, 5.41) is 10.7. The van der Waals surface area contributed by atoms with E-state index in [1.165, 1.54) is 0 Å². The molecule has 1 aromatic carbocycles. The molecule has 2 aromatic rings. The summed E-state index contributed by atoms with van der Waals surface area (Å²) < 4.78 is 41.6. The van der Waals surface area contributed by atoms with Crippen molar-refractivity contribution in [2.24, 2.45) is 0 Å². The molecule has 2 fully saturated rings. The molecule has 2 amide bonds. The molecule has 4 rings (SSSR count). The Balaban J connectivity index is 1.32. The number of hydrogen-bond acceptors (Lipinski definition) is 5. The van der Waals surface area contributed by atoms with Gasteiger partial charge in [0.25, 0.3) is 0 Å². The smallest absolute Gasteiger partial charge is 0.391 e. The number of para-hydroxylation sites is 2. The highest BCUT2D eigenvalue weighted by Gasteiger charge is 2.37. The van der Waals surface area contributed by atoms with E-state index in [2.05, 4.69) is 9.88 Å². The summed E-state index contributed by atoms with van der Waals surface area (Å²) in [6.45, 7) is 5.15. The van der Waals surface area contributed by atoms with Crippen molar-refractivity contribution in [3.8, 4) is 0 Å². The second-order valence-electron chi connectivity index (χ2n) is 9.31. The summed E-state index contributed by atoms with van der Waals surface area (Å²) in [6, 6.07) is 6.39. The van der Waals surface area contributed by atoms with Gasteiger partial charge in [-0.2, -0.15) is 13.2 Å². The van der Waals surface area contributed by atoms with Gasteiger partial charge in [0.15, 0.2) is 0 Å². The fourth-order valence-corrected chi connectivity index (χ4v) is 5.18. The lowest BCUT2D eigenvalue weighted by Crippen LogP contribution is -2.54. The van der Waals surface area contributed by atoms with Gasteiger partial charge in [-0.05, 0) is 31.4 Å². The maximum atomic E-state index is 13.5. The Labute approximate surface area is 202 Å². The van der Waals surface area contributed by atoms with Crippen molar-refractivity contribution in [1.29, 1.82) is 0 Å². The molecule has 0 radical (unpaired) electrons. The first-order chi connectivity index (χ1) is 16.6. The van der Waals surface area contributed by atoms with Crippen molar-refractivity contribution in [3.05, 3.63) is 30.1 Å². The van der Waals surface area contributed by atoms with Crippen molar-refractivity contribution in [3.63, 3.8) is 0 Å². The van der Waals surface area contributed by atoms with Crippen LogP contribution < -0.4 is 0 Å². The Morgan fingerprint density at radius 3 is 2.40 bits per heavy atom. The summed E-state index contributed by atoms with van der Waals surface area (Å²) in [5.41, 5.74) is 0.681. The molecule has 11 heteroatoms. The Kier molecular flexibility index (Phi) is 7.65. The number of imidazole rings is 1. The van der Waals surface area contributed by atoms with Crippen molar-refractivity contribution >= 4 is 22.8 Å². The fourth-order valence-electron chi connectivity index (χ4n) is 5.18. The number of aromatic nitrogens is 2. The third-order valence-corrected chi connectivity index (χ3v) is 7.10. The van der Waals surface area contributed by atoms with E-state index in [9.17, 15) is 27.9 Å². The predicted molar refractivity (Wildman–Crippen MR) is 123 cm³/mol. The monoisotopic (exact) mass is 495 g/mol. The van der Waals surface area contributed by atoms with Crippen LogP contribution in [0.2, 0.25) is 0 Å². The second-order valence-corrected chi connectivity index (χ2v) is 9.31. The van der Waals surface area contributed by atoms with E-state index in [-0.39, 0.29) is 42.8 Å². The molecule has 35 heavy (non-hydrogen) atoms. The zero-order valence-electron chi connectivity index (χ0n) is 19.9. The molecule has 0 bridgehead atoms. The molecular formula is C24H32F3N5O3. The molecule has 0 unspecified atom stereocenters. The number of carbonyl (C=O) groups excluding carboxylic acids is 2. The van der Waals surface area contributed by atoms with Crippen LogP contribution in [0.25, 0.3) is 11.0 Å². The van der Waals surface area contributed by atoms with Gasteiger partial charge in [0.2, 0.25) is 17.6 Å². The third kappa shape index (κ3) is 5.78. The number of hydrogen-bond donors (Lipinski definition) is 1. The normalized spacial score (nSPS) is 22.4. The van der Waals surface area contributed by atoms with Crippen LogP contribution in [0.15, 0.2) is 24.3 Å². The zero-order chi connectivity index (χ0) is 25.2. The number of aliphatic hydroxyl groups excluding tert-OH is 1. The molecule has 2 aliphatic heterocycles. The van der Waals surface area contributed by atoms with Gasteiger partial charge in [-0.1, -0.05) is 12.1 Å². The van der Waals surface area contributed by atoms with Crippen LogP contribution in [0.1, 0.15) is 38.4 Å². The summed E-state index contributed by atoms with van der Waals surface area (Å²) in [7, 11) is 0. The van der Waals surface area contributed by atoms with Gasteiger partial charge in [-0.15, -0.1) is 0 Å². The minimum atomic E-state index is -4.57. The van der Waals surface area contributed by atoms with E-state index in [4.69, 9.17) is 0 Å². The molecular weight excluding hydrogens is 463 g/mol. The number of aryl methyl sites for hydroxylation is 1. The summed E-state index contributed by atoms with van der Waals surface area (Å²) in [5.74, 6) is -1.01. The molecule has 2 atom stereocenters. The maximum absolute atomic E-state index is 13.5. The van der Waals surface area contributed by atoms with Gasteiger partial charge in [0.05, 0.1) is 17.1 Å². The predicted octanol–water partition coefficient (Wildman–Crippen LogP) is 2.35. The third-order valence-electron chi connectivity index (χ3n) is 7.10. The zero-order valence-corrected chi connectivity index (χ0v) is 19.9. The van der Waals surface area contributed by atoms with Crippen molar-refractivity contribution < 1.29 is 27.9 Å². The average molecular weight is 496 g/mol. The number of halogens is 3. The highest BCUT2D eigenvalue weighted by molar-refractivity contribution is 5.77. The number of rotatable bonds is 5. The van der Waals surface area contributed by atoms with Crippen LogP contribution in [0.5, 0.6) is 0 Å². The topological polar surface area (TPSA) is 81.9 Å². The minimum absolute atomic E-state index is 0.0423. The summed E-state index contributed by atoms with van der Waals surface area (Å²) in [6.07, 6.45) is -3.68. The summed E-state index contributed by atoms with van der Waals surface area (Å²) in [4.78, 5) is 33.9. The molecule has 0 aliphatic carbocycles. The van der Waals surface area contributed by atoms with Gasteiger partial charge >= 0.3 is 6.18 Å². The van der Waals surface area contributed by atoms with Crippen molar-refractivity contribution in [1.82, 2.24) is 24.3 Å². The Bertz CT molecular complexity index is 1050. The number of alkyl halides is 3. The van der Waals surface area contributed by atoms with Crippen molar-refractivity contribution in [2.45, 2.75) is 57.5 Å². The second kappa shape index (κ2) is 10.5. The van der Waals surface area contributed by atoms with Crippen LogP contribution in [0.3, 0.4) is 0 Å². The highest BCUT2D eigenvalue weighted by Crippen LogP contribution is 2.31. The number of nitrogens with zero attached hydrogens (tertiary/aromatic N) is 5. The number of amides is 2. The van der Waals surface area contributed by atoms with E-state index in [0.29, 0.717) is 57.6 Å². The van der Waals surface area contributed by atoms with E-state index in [0.717, 1.165) is 4.57 Å². The SMILES string of the molecule is CC(=O)N1CCN([C@H]2CCN(C(=O)CCCn3c(C(F)(F)F)nc4ccccc43)CC[C@@H]2O)CC1. The highest BCUT2D eigenvalue weighted by atomic mass is 19.4. The molecule has 192 valence electrons. The molecule has 1 aromatic heterocycles. The molecule has 0 saturated carbocycles. The molecule has 1 N–H and O–H groups in total. The standard InChI is InChI=1S/C24H32F3N5O3/c1-17(33)29-13-15-30(16-14-29)20-8-11-31(12-9-21(20)34)22(35)7-4-10-32-19-6-3-2-5-18(19)28-23(32)24(25,26)27/h2-3,5-6,20-21,34H,4,7-16H2,1H3/t20-,21-/m0/s1. The minimum Gasteiger partial charge on any atom is -0.391 e. The Morgan fingerprint density at radius 2 is 1.71 bits per heavy atom. The van der Waals surface area contributed by atoms with E-state index >= 15 is 0 Å². The van der Waals surface area contributed by atoms with Crippen molar-refractivity contribution in [2.75, 3.05) is 39.3 Å². The first-order valence-corrected chi connectivity index (χ1v) is 12.1. The number of aliphatic hydroxyl groups is 1. The van der Waals surface area contributed by atoms with E-state index in [1.54, 1.807) is 41.0 Å². The average Bonchev–Trinajstić information content (AvgIpc) is 3.09. The van der Waals surface area contributed by atoms with E-state index < -0.39 is 18.1 Å². The number of carbonyl (C=O) groups is 2. The van der Waals surface area contributed by atoms with Crippen LogP contribution in [0, 0.1) is 0 Å².